The summed E-state index contributed by atoms with van der Waals surface area (Å²) in [6, 6.07) is 0.330. The van der Waals surface area contributed by atoms with E-state index in [0.29, 0.717) is 29.5 Å². The molecule has 3 heterocycles. The van der Waals surface area contributed by atoms with Gasteiger partial charge in [0.2, 0.25) is 5.82 Å². The standard InChI is InChI=1S/C12H19N5O/c1-3-10-9-5-13-4-8(9)6-17(10)12(18)11-14-7(2)15-16-11/h8-10,13H,3-6H2,1-2H3,(H,14,15,16). The second-order valence-electron chi connectivity index (χ2n) is 5.26. The highest BCUT2D eigenvalue weighted by Crippen LogP contribution is 2.34. The Labute approximate surface area is 106 Å². The number of nitrogens with zero attached hydrogens (tertiary/aromatic N) is 3. The summed E-state index contributed by atoms with van der Waals surface area (Å²) in [4.78, 5) is 18.5. The van der Waals surface area contributed by atoms with Gasteiger partial charge in [0, 0.05) is 25.7 Å². The average molecular weight is 249 g/mol. The van der Waals surface area contributed by atoms with Crippen molar-refractivity contribution < 1.29 is 4.79 Å². The molecular formula is C12H19N5O. The molecule has 6 nitrogen and oxygen atoms in total. The van der Waals surface area contributed by atoms with Gasteiger partial charge in [0.05, 0.1) is 0 Å². The Kier molecular flexibility index (Phi) is 2.81. The van der Waals surface area contributed by atoms with E-state index in [-0.39, 0.29) is 5.91 Å². The summed E-state index contributed by atoms with van der Waals surface area (Å²) in [5, 5.41) is 10.1. The number of H-pyrrole nitrogens is 1. The summed E-state index contributed by atoms with van der Waals surface area (Å²) in [6.07, 6.45) is 0.998. The topological polar surface area (TPSA) is 73.9 Å². The lowest BCUT2D eigenvalue weighted by molar-refractivity contribution is 0.0699. The molecule has 98 valence electrons. The summed E-state index contributed by atoms with van der Waals surface area (Å²) in [5.74, 6) is 2.16. The van der Waals surface area contributed by atoms with Gasteiger partial charge in [-0.1, -0.05) is 6.92 Å². The number of hydrogen-bond acceptors (Lipinski definition) is 4. The van der Waals surface area contributed by atoms with Crippen LogP contribution in [0.5, 0.6) is 0 Å². The Bertz CT molecular complexity index is 457. The van der Waals surface area contributed by atoms with Gasteiger partial charge in [-0.2, -0.15) is 0 Å². The quantitative estimate of drug-likeness (QED) is 0.784. The van der Waals surface area contributed by atoms with E-state index < -0.39 is 0 Å². The third-order valence-corrected chi connectivity index (χ3v) is 4.19. The van der Waals surface area contributed by atoms with Gasteiger partial charge in [-0.05, 0) is 25.2 Å². The van der Waals surface area contributed by atoms with Crippen molar-refractivity contribution in [3.05, 3.63) is 11.6 Å². The summed E-state index contributed by atoms with van der Waals surface area (Å²) in [7, 11) is 0. The smallest absolute Gasteiger partial charge is 0.293 e. The number of carbonyl (C=O) groups excluding carboxylic acids is 1. The first-order valence-electron chi connectivity index (χ1n) is 6.61. The van der Waals surface area contributed by atoms with Crippen molar-refractivity contribution in [2.45, 2.75) is 26.3 Å². The zero-order chi connectivity index (χ0) is 12.7. The van der Waals surface area contributed by atoms with E-state index in [1.54, 1.807) is 0 Å². The number of carbonyl (C=O) groups is 1. The van der Waals surface area contributed by atoms with Crippen molar-refractivity contribution in [2.75, 3.05) is 19.6 Å². The molecule has 0 aromatic carbocycles. The molecule has 2 N–H and O–H groups in total. The number of aryl methyl sites for hydroxylation is 1. The Morgan fingerprint density at radius 2 is 2.33 bits per heavy atom. The van der Waals surface area contributed by atoms with Gasteiger partial charge < -0.3 is 10.2 Å². The number of fused-ring (bicyclic) bond motifs is 1. The molecule has 18 heavy (non-hydrogen) atoms. The molecule has 2 aliphatic rings. The van der Waals surface area contributed by atoms with Crippen LogP contribution in [0.1, 0.15) is 29.8 Å². The second kappa shape index (κ2) is 4.35. The molecule has 6 heteroatoms. The second-order valence-corrected chi connectivity index (χ2v) is 5.26. The first-order chi connectivity index (χ1) is 8.70. The van der Waals surface area contributed by atoms with Crippen LogP contribution >= 0.6 is 0 Å². The molecule has 1 amide bonds. The van der Waals surface area contributed by atoms with E-state index in [2.05, 4.69) is 27.4 Å². The van der Waals surface area contributed by atoms with E-state index >= 15 is 0 Å². The van der Waals surface area contributed by atoms with Gasteiger partial charge in [-0.3, -0.25) is 9.89 Å². The monoisotopic (exact) mass is 249 g/mol. The van der Waals surface area contributed by atoms with Crippen molar-refractivity contribution in [1.82, 2.24) is 25.4 Å². The summed E-state index contributed by atoms with van der Waals surface area (Å²) >= 11 is 0. The largest absolute Gasteiger partial charge is 0.332 e. The lowest BCUT2D eigenvalue weighted by Crippen LogP contribution is -2.40. The maximum atomic E-state index is 12.4. The molecular weight excluding hydrogens is 230 g/mol. The normalized spacial score (nSPS) is 30.8. The van der Waals surface area contributed by atoms with Crippen LogP contribution in [-0.2, 0) is 0 Å². The number of aromatic amines is 1. The zero-order valence-electron chi connectivity index (χ0n) is 10.8. The highest BCUT2D eigenvalue weighted by Gasteiger charge is 2.45. The predicted octanol–water partition coefficient (Wildman–Crippen LogP) is 0.183. The lowest BCUT2D eigenvalue weighted by atomic mass is 9.93. The third-order valence-electron chi connectivity index (χ3n) is 4.19. The molecule has 2 aliphatic heterocycles. The molecule has 1 aromatic rings. The molecule has 0 radical (unpaired) electrons. The van der Waals surface area contributed by atoms with Crippen LogP contribution in [0.2, 0.25) is 0 Å². The van der Waals surface area contributed by atoms with E-state index in [0.717, 1.165) is 26.1 Å². The van der Waals surface area contributed by atoms with Crippen molar-refractivity contribution in [3.8, 4) is 0 Å². The van der Waals surface area contributed by atoms with E-state index in [9.17, 15) is 4.79 Å². The number of nitrogens with one attached hydrogen (secondary N) is 2. The number of amides is 1. The highest BCUT2D eigenvalue weighted by molar-refractivity contribution is 5.91. The minimum atomic E-state index is -0.0272. The number of hydrogen-bond donors (Lipinski definition) is 2. The minimum absolute atomic E-state index is 0.0272. The minimum Gasteiger partial charge on any atom is -0.332 e. The number of likely N-dealkylation sites (tertiary alicyclic amines) is 1. The number of rotatable bonds is 2. The molecule has 3 atom stereocenters. The third kappa shape index (κ3) is 1.71. The molecule has 1 aromatic heterocycles. The average Bonchev–Trinajstić information content (AvgIpc) is 3.01. The van der Waals surface area contributed by atoms with Gasteiger partial charge in [0.25, 0.3) is 5.91 Å². The van der Waals surface area contributed by atoms with E-state index in [1.807, 2.05) is 11.8 Å². The van der Waals surface area contributed by atoms with E-state index in [1.165, 1.54) is 0 Å². The van der Waals surface area contributed by atoms with Crippen LogP contribution in [0.3, 0.4) is 0 Å². The molecule has 0 bridgehead atoms. The Balaban J connectivity index is 1.81. The maximum absolute atomic E-state index is 12.4. The predicted molar refractivity (Wildman–Crippen MR) is 66.1 cm³/mol. The van der Waals surface area contributed by atoms with Crippen LogP contribution in [0.15, 0.2) is 0 Å². The van der Waals surface area contributed by atoms with Gasteiger partial charge >= 0.3 is 0 Å². The molecule has 0 saturated carbocycles. The summed E-state index contributed by atoms with van der Waals surface area (Å²) < 4.78 is 0. The Hall–Kier alpha value is -1.43. The van der Waals surface area contributed by atoms with Crippen LogP contribution in [-0.4, -0.2) is 51.7 Å². The lowest BCUT2D eigenvalue weighted by Gasteiger charge is -2.25. The first-order valence-corrected chi connectivity index (χ1v) is 6.61. The fourth-order valence-electron chi connectivity index (χ4n) is 3.35. The molecule has 2 fully saturated rings. The van der Waals surface area contributed by atoms with Crippen LogP contribution < -0.4 is 5.32 Å². The SMILES string of the molecule is CCC1C2CNCC2CN1C(=O)c1n[nH]c(C)n1. The zero-order valence-corrected chi connectivity index (χ0v) is 10.8. The number of aromatic nitrogens is 3. The Morgan fingerprint density at radius 3 is 3.00 bits per heavy atom. The van der Waals surface area contributed by atoms with E-state index in [4.69, 9.17) is 0 Å². The van der Waals surface area contributed by atoms with Crippen molar-refractivity contribution in [2.24, 2.45) is 11.8 Å². The molecule has 0 spiro atoms. The summed E-state index contributed by atoms with van der Waals surface area (Å²) in [6.45, 7) is 6.85. The molecule has 2 saturated heterocycles. The fourth-order valence-corrected chi connectivity index (χ4v) is 3.35. The summed E-state index contributed by atoms with van der Waals surface area (Å²) in [5.41, 5.74) is 0. The van der Waals surface area contributed by atoms with Gasteiger partial charge in [0.1, 0.15) is 5.82 Å². The molecule has 0 aliphatic carbocycles. The van der Waals surface area contributed by atoms with Crippen molar-refractivity contribution >= 4 is 5.91 Å². The Morgan fingerprint density at radius 1 is 1.50 bits per heavy atom. The van der Waals surface area contributed by atoms with Crippen molar-refractivity contribution in [3.63, 3.8) is 0 Å². The van der Waals surface area contributed by atoms with Crippen LogP contribution in [0.25, 0.3) is 0 Å². The van der Waals surface area contributed by atoms with Gasteiger partial charge in [0.15, 0.2) is 0 Å². The van der Waals surface area contributed by atoms with Gasteiger partial charge in [-0.25, -0.2) is 4.98 Å². The molecule has 3 unspecified atom stereocenters. The molecule has 3 rings (SSSR count). The van der Waals surface area contributed by atoms with Crippen molar-refractivity contribution in [1.29, 1.82) is 0 Å². The fraction of sp³-hybridized carbons (Fsp3) is 0.750. The maximum Gasteiger partial charge on any atom is 0.293 e. The van der Waals surface area contributed by atoms with Crippen LogP contribution in [0.4, 0.5) is 0 Å². The van der Waals surface area contributed by atoms with Gasteiger partial charge in [-0.15, -0.1) is 5.10 Å². The highest BCUT2D eigenvalue weighted by atomic mass is 16.2. The first kappa shape index (κ1) is 11.6. The van der Waals surface area contributed by atoms with Crippen LogP contribution in [0, 0.1) is 18.8 Å².